The van der Waals surface area contributed by atoms with E-state index in [1.165, 1.54) is 64.7 Å². The maximum Gasteiger partial charge on any atom is 0.0146 e. The molecule has 18 heavy (non-hydrogen) atoms. The zero-order chi connectivity index (χ0) is 13.0. The minimum absolute atomic E-state index is 0.524. The van der Waals surface area contributed by atoms with Gasteiger partial charge in [-0.3, -0.25) is 4.90 Å². The molecule has 0 aromatic rings. The molecule has 0 aromatic heterocycles. The van der Waals surface area contributed by atoms with Gasteiger partial charge in [0.1, 0.15) is 0 Å². The molecule has 0 amide bonds. The van der Waals surface area contributed by atoms with Gasteiger partial charge in [0, 0.05) is 12.6 Å². The van der Waals surface area contributed by atoms with Crippen LogP contribution < -0.4 is 5.32 Å². The van der Waals surface area contributed by atoms with Gasteiger partial charge in [-0.1, -0.05) is 33.6 Å². The number of nitrogens with one attached hydrogen (secondary N) is 1. The molecular formula is C16H32N2. The van der Waals surface area contributed by atoms with Gasteiger partial charge in [0.15, 0.2) is 0 Å². The number of nitrogens with zero attached hydrogens (tertiary/aromatic N) is 1. The van der Waals surface area contributed by atoms with Crippen molar-refractivity contribution in [3.05, 3.63) is 0 Å². The van der Waals surface area contributed by atoms with E-state index in [4.69, 9.17) is 0 Å². The summed E-state index contributed by atoms with van der Waals surface area (Å²) in [6.45, 7) is 12.3. The van der Waals surface area contributed by atoms with E-state index in [0.717, 1.165) is 12.0 Å². The normalized spacial score (nSPS) is 32.7. The summed E-state index contributed by atoms with van der Waals surface area (Å²) in [5.41, 5.74) is 0.524. The van der Waals surface area contributed by atoms with Gasteiger partial charge in [0.2, 0.25) is 0 Å². The summed E-state index contributed by atoms with van der Waals surface area (Å²) in [5.74, 6) is 0.886. The van der Waals surface area contributed by atoms with E-state index in [0.29, 0.717) is 5.41 Å². The Morgan fingerprint density at radius 2 is 2.00 bits per heavy atom. The van der Waals surface area contributed by atoms with Crippen LogP contribution in [0.2, 0.25) is 0 Å². The van der Waals surface area contributed by atoms with Gasteiger partial charge in [0.25, 0.3) is 0 Å². The highest BCUT2D eigenvalue weighted by Crippen LogP contribution is 2.39. The summed E-state index contributed by atoms with van der Waals surface area (Å²) < 4.78 is 0. The third-order valence-corrected chi connectivity index (χ3v) is 5.19. The van der Waals surface area contributed by atoms with Gasteiger partial charge in [-0.05, 0) is 56.7 Å². The minimum atomic E-state index is 0.524. The lowest BCUT2D eigenvalue weighted by atomic mass is 9.72. The van der Waals surface area contributed by atoms with Crippen LogP contribution in [0.25, 0.3) is 0 Å². The monoisotopic (exact) mass is 252 g/mol. The number of piperidine rings is 1. The first-order valence-electron chi connectivity index (χ1n) is 8.08. The molecule has 1 saturated heterocycles. The molecule has 0 radical (unpaired) electrons. The highest BCUT2D eigenvalue weighted by molar-refractivity contribution is 4.90. The highest BCUT2D eigenvalue weighted by Gasteiger charge is 2.36. The SMILES string of the molecule is CCN(CC1CCCNC1)C1CCCCC1(C)C. The second-order valence-corrected chi connectivity index (χ2v) is 7.05. The molecule has 1 saturated carbocycles. The molecule has 2 heteroatoms. The maximum absolute atomic E-state index is 3.56. The van der Waals surface area contributed by atoms with Crippen molar-refractivity contribution in [2.24, 2.45) is 11.3 Å². The minimum Gasteiger partial charge on any atom is -0.316 e. The van der Waals surface area contributed by atoms with Crippen molar-refractivity contribution >= 4 is 0 Å². The predicted molar refractivity (Wildman–Crippen MR) is 78.9 cm³/mol. The molecule has 2 unspecified atom stereocenters. The van der Waals surface area contributed by atoms with Crippen molar-refractivity contribution < 1.29 is 0 Å². The average Bonchev–Trinajstić information content (AvgIpc) is 2.37. The Morgan fingerprint density at radius 1 is 1.17 bits per heavy atom. The Bertz CT molecular complexity index is 243. The third-order valence-electron chi connectivity index (χ3n) is 5.19. The van der Waals surface area contributed by atoms with Crippen LogP contribution in [-0.2, 0) is 0 Å². The summed E-state index contributed by atoms with van der Waals surface area (Å²) in [6.07, 6.45) is 8.50. The van der Waals surface area contributed by atoms with Crippen molar-refractivity contribution in [2.75, 3.05) is 26.2 Å². The molecule has 2 rings (SSSR count). The topological polar surface area (TPSA) is 15.3 Å². The number of rotatable bonds is 4. The van der Waals surface area contributed by atoms with Crippen LogP contribution in [0.1, 0.15) is 59.3 Å². The summed E-state index contributed by atoms with van der Waals surface area (Å²) >= 11 is 0. The second-order valence-electron chi connectivity index (χ2n) is 7.05. The standard InChI is InChI=1S/C16H32N2/c1-4-18(13-14-8-7-11-17-12-14)15-9-5-6-10-16(15,2)3/h14-15,17H,4-13H2,1-3H3. The third kappa shape index (κ3) is 3.48. The van der Waals surface area contributed by atoms with E-state index < -0.39 is 0 Å². The molecule has 2 fully saturated rings. The summed E-state index contributed by atoms with van der Waals surface area (Å²) in [6, 6.07) is 0.818. The first-order chi connectivity index (χ1) is 8.63. The number of hydrogen-bond acceptors (Lipinski definition) is 2. The Balaban J connectivity index is 1.93. The van der Waals surface area contributed by atoms with Crippen LogP contribution in [0.3, 0.4) is 0 Å². The molecule has 1 heterocycles. The lowest BCUT2D eigenvalue weighted by molar-refractivity contribution is 0.0387. The molecule has 0 aromatic carbocycles. The molecular weight excluding hydrogens is 220 g/mol. The smallest absolute Gasteiger partial charge is 0.0146 e. The molecule has 0 bridgehead atoms. The zero-order valence-corrected chi connectivity index (χ0v) is 12.7. The van der Waals surface area contributed by atoms with E-state index >= 15 is 0 Å². The van der Waals surface area contributed by atoms with Crippen molar-refractivity contribution in [1.29, 1.82) is 0 Å². The van der Waals surface area contributed by atoms with Crippen molar-refractivity contribution in [2.45, 2.75) is 65.3 Å². The lowest BCUT2D eigenvalue weighted by Gasteiger charge is -2.46. The van der Waals surface area contributed by atoms with Crippen LogP contribution in [0.4, 0.5) is 0 Å². The molecule has 1 N–H and O–H groups in total. The van der Waals surface area contributed by atoms with Crippen molar-refractivity contribution in [3.8, 4) is 0 Å². The fourth-order valence-electron chi connectivity index (χ4n) is 4.04. The molecule has 1 aliphatic heterocycles. The quantitative estimate of drug-likeness (QED) is 0.826. The Hall–Kier alpha value is -0.0800. The highest BCUT2D eigenvalue weighted by atomic mass is 15.2. The lowest BCUT2D eigenvalue weighted by Crippen LogP contribution is -2.50. The number of hydrogen-bond donors (Lipinski definition) is 1. The predicted octanol–water partition coefficient (Wildman–Crippen LogP) is 3.28. The largest absolute Gasteiger partial charge is 0.316 e. The maximum atomic E-state index is 3.56. The second kappa shape index (κ2) is 6.38. The molecule has 0 spiro atoms. The van der Waals surface area contributed by atoms with Gasteiger partial charge in [-0.25, -0.2) is 0 Å². The fraction of sp³-hybridized carbons (Fsp3) is 1.00. The molecule has 2 atom stereocenters. The zero-order valence-electron chi connectivity index (χ0n) is 12.7. The van der Waals surface area contributed by atoms with E-state index in [2.05, 4.69) is 31.0 Å². The van der Waals surface area contributed by atoms with E-state index in [1.807, 2.05) is 0 Å². The Kier molecular flexibility index (Phi) is 5.08. The van der Waals surface area contributed by atoms with Crippen LogP contribution >= 0.6 is 0 Å². The van der Waals surface area contributed by atoms with Crippen molar-refractivity contribution in [3.63, 3.8) is 0 Å². The summed E-state index contributed by atoms with van der Waals surface area (Å²) in [5, 5.41) is 3.56. The molecule has 2 nitrogen and oxygen atoms in total. The fourth-order valence-corrected chi connectivity index (χ4v) is 4.04. The van der Waals surface area contributed by atoms with Gasteiger partial charge in [-0.15, -0.1) is 0 Å². The van der Waals surface area contributed by atoms with Gasteiger partial charge >= 0.3 is 0 Å². The van der Waals surface area contributed by atoms with Gasteiger partial charge < -0.3 is 5.32 Å². The van der Waals surface area contributed by atoms with E-state index in [-0.39, 0.29) is 0 Å². The Labute approximate surface area is 114 Å². The van der Waals surface area contributed by atoms with Crippen LogP contribution in [-0.4, -0.2) is 37.1 Å². The van der Waals surface area contributed by atoms with Crippen molar-refractivity contribution in [1.82, 2.24) is 10.2 Å². The molecule has 106 valence electrons. The van der Waals surface area contributed by atoms with Crippen LogP contribution in [0, 0.1) is 11.3 Å². The van der Waals surface area contributed by atoms with E-state index in [9.17, 15) is 0 Å². The summed E-state index contributed by atoms with van der Waals surface area (Å²) in [4.78, 5) is 2.79. The first kappa shape index (κ1) is 14.3. The van der Waals surface area contributed by atoms with E-state index in [1.54, 1.807) is 0 Å². The van der Waals surface area contributed by atoms with Gasteiger partial charge in [0.05, 0.1) is 0 Å². The Morgan fingerprint density at radius 3 is 2.61 bits per heavy atom. The molecule has 1 aliphatic carbocycles. The van der Waals surface area contributed by atoms with Crippen LogP contribution in [0.15, 0.2) is 0 Å². The molecule has 2 aliphatic rings. The average molecular weight is 252 g/mol. The summed E-state index contributed by atoms with van der Waals surface area (Å²) in [7, 11) is 0. The van der Waals surface area contributed by atoms with Crippen LogP contribution in [0.5, 0.6) is 0 Å². The first-order valence-corrected chi connectivity index (χ1v) is 8.08. The van der Waals surface area contributed by atoms with Gasteiger partial charge in [-0.2, -0.15) is 0 Å².